The maximum atomic E-state index is 6.44. The van der Waals surface area contributed by atoms with E-state index in [9.17, 15) is 0 Å². The molecule has 33 heavy (non-hydrogen) atoms. The molecule has 0 fully saturated rings. The predicted octanol–water partition coefficient (Wildman–Crippen LogP) is 6.93. The van der Waals surface area contributed by atoms with Crippen LogP contribution in [-0.4, -0.2) is 26.1 Å². The van der Waals surface area contributed by atoms with Gasteiger partial charge < -0.3 is 4.57 Å². The van der Waals surface area contributed by atoms with Crippen LogP contribution in [-0.2, 0) is 0 Å². The second-order valence-electron chi connectivity index (χ2n) is 8.11. The van der Waals surface area contributed by atoms with E-state index in [1.165, 1.54) is 0 Å². The number of halogens is 1. The summed E-state index contributed by atoms with van der Waals surface area (Å²) in [6.45, 7) is 4.12. The molecule has 0 saturated heterocycles. The third-order valence-electron chi connectivity index (χ3n) is 5.44. The highest BCUT2D eigenvalue weighted by molar-refractivity contribution is 7.80. The number of aromatic nitrogens is 2. The van der Waals surface area contributed by atoms with E-state index in [0.717, 1.165) is 45.0 Å². The van der Waals surface area contributed by atoms with Gasteiger partial charge in [-0.15, -0.1) is 0 Å². The maximum Gasteiger partial charge on any atom is 0.219 e. The van der Waals surface area contributed by atoms with Gasteiger partial charge in [0.25, 0.3) is 0 Å². The summed E-state index contributed by atoms with van der Waals surface area (Å²) < 4.78 is 2.17. The molecule has 0 spiro atoms. The first-order valence-electron chi connectivity index (χ1n) is 10.7. The molecule has 3 aromatic carbocycles. The quantitative estimate of drug-likeness (QED) is 0.305. The summed E-state index contributed by atoms with van der Waals surface area (Å²) in [5, 5.41) is 0.963. The molecule has 0 amide bonds. The van der Waals surface area contributed by atoms with Crippen molar-refractivity contribution >= 4 is 57.5 Å². The second-order valence-corrected chi connectivity index (χ2v) is 8.91. The lowest BCUT2D eigenvalue weighted by Gasteiger charge is -2.28. The highest BCUT2D eigenvalue weighted by Crippen LogP contribution is 2.32. The van der Waals surface area contributed by atoms with Gasteiger partial charge in [0.2, 0.25) is 5.11 Å². The van der Waals surface area contributed by atoms with E-state index in [4.69, 9.17) is 38.8 Å². The van der Waals surface area contributed by atoms with Crippen molar-refractivity contribution in [2.75, 3.05) is 0 Å². The number of aliphatic imine (C=N–C) groups is 2. The van der Waals surface area contributed by atoms with E-state index in [1.807, 2.05) is 54.6 Å². The Balaban J connectivity index is 1.85. The fourth-order valence-electron chi connectivity index (χ4n) is 4.11. The number of benzene rings is 3. The summed E-state index contributed by atoms with van der Waals surface area (Å²) in [6, 6.07) is 25.6. The molecule has 1 aromatic heterocycles. The minimum Gasteiger partial charge on any atom is -0.309 e. The Hall–Kier alpha value is -3.41. The maximum absolute atomic E-state index is 6.44. The second kappa shape index (κ2) is 8.85. The van der Waals surface area contributed by atoms with E-state index in [-0.39, 0.29) is 6.04 Å². The third-order valence-corrected chi connectivity index (χ3v) is 5.86. The van der Waals surface area contributed by atoms with Gasteiger partial charge in [-0.25, -0.2) is 15.0 Å². The van der Waals surface area contributed by atoms with Crippen LogP contribution in [0.3, 0.4) is 0 Å². The van der Waals surface area contributed by atoms with Crippen molar-refractivity contribution < 1.29 is 0 Å². The molecule has 0 saturated carbocycles. The number of fused-ring (bicyclic) bond motifs is 1. The monoisotopic (exact) mass is 468 g/mol. The predicted molar refractivity (Wildman–Crippen MR) is 142 cm³/mol. The normalized spacial score (nSPS) is 14.2. The number of hydrogen-bond acceptors (Lipinski definition) is 2. The third kappa shape index (κ3) is 4.17. The van der Waals surface area contributed by atoms with Crippen LogP contribution in [0.4, 0.5) is 0 Å². The molecule has 0 atom stereocenters. The summed E-state index contributed by atoms with van der Waals surface area (Å²) >= 11 is 12.0. The zero-order valence-corrected chi connectivity index (χ0v) is 19.8. The highest BCUT2D eigenvalue weighted by atomic mass is 35.5. The first kappa shape index (κ1) is 21.4. The van der Waals surface area contributed by atoms with Crippen molar-refractivity contribution in [1.82, 2.24) is 9.55 Å². The number of allylic oxidation sites excluding steroid dienone is 1. The Morgan fingerprint density at radius 3 is 2.00 bits per heavy atom. The Kier molecular flexibility index (Phi) is 5.75. The number of imidazole rings is 1. The van der Waals surface area contributed by atoms with Crippen molar-refractivity contribution in [3.8, 4) is 0 Å². The molecular weight excluding hydrogens is 448 g/mol. The van der Waals surface area contributed by atoms with E-state index < -0.39 is 0 Å². The standard InChI is InChI=1S/C27H21ClN4S/c1-17(2)15-23-29-21-14-13-20(28)16-22(21)32(23)26-24(18-9-5-3-6-10-18)30-27(33)31-25(26)19-11-7-4-8-12-19/h3-16,26H,1-2H3. The van der Waals surface area contributed by atoms with Crippen LogP contribution in [0.2, 0.25) is 5.02 Å². The van der Waals surface area contributed by atoms with Gasteiger partial charge in [0.15, 0.2) is 0 Å². The molecule has 0 unspecified atom stereocenters. The largest absolute Gasteiger partial charge is 0.309 e. The SMILES string of the molecule is CC(C)=Cc1nc2ccc(Cl)cc2n1C1C(c2ccccc2)=NC(=S)N=C1c1ccccc1. The summed E-state index contributed by atoms with van der Waals surface area (Å²) in [7, 11) is 0. The minimum atomic E-state index is -0.337. The molecule has 162 valence electrons. The zero-order valence-electron chi connectivity index (χ0n) is 18.2. The molecular formula is C27H21ClN4S. The van der Waals surface area contributed by atoms with Crippen LogP contribution >= 0.6 is 23.8 Å². The van der Waals surface area contributed by atoms with Crippen molar-refractivity contribution in [2.45, 2.75) is 19.9 Å². The van der Waals surface area contributed by atoms with E-state index in [2.05, 4.69) is 48.8 Å². The topological polar surface area (TPSA) is 42.5 Å². The Morgan fingerprint density at radius 2 is 1.45 bits per heavy atom. The van der Waals surface area contributed by atoms with Crippen molar-refractivity contribution in [1.29, 1.82) is 0 Å². The summed E-state index contributed by atoms with van der Waals surface area (Å²) in [5.41, 5.74) is 6.55. The molecule has 5 rings (SSSR count). The Bertz CT molecular complexity index is 1390. The Morgan fingerprint density at radius 1 is 0.879 bits per heavy atom. The van der Waals surface area contributed by atoms with Crippen molar-refractivity contribution in [3.05, 3.63) is 106 Å². The van der Waals surface area contributed by atoms with Crippen molar-refractivity contribution in [2.24, 2.45) is 9.98 Å². The van der Waals surface area contributed by atoms with E-state index in [0.29, 0.717) is 10.1 Å². The molecule has 1 aliphatic heterocycles. The first-order valence-corrected chi connectivity index (χ1v) is 11.4. The number of hydrogen-bond donors (Lipinski definition) is 0. The zero-order chi connectivity index (χ0) is 22.9. The van der Waals surface area contributed by atoms with Crippen LogP contribution in [0.25, 0.3) is 17.1 Å². The summed E-state index contributed by atoms with van der Waals surface area (Å²) in [5.74, 6) is 0.817. The lowest BCUT2D eigenvalue weighted by molar-refractivity contribution is 0.800. The number of thiocarbonyl (C=S) groups is 1. The van der Waals surface area contributed by atoms with Gasteiger partial charge in [-0.1, -0.05) is 77.8 Å². The lowest BCUT2D eigenvalue weighted by Crippen LogP contribution is -2.33. The average Bonchev–Trinajstić information content (AvgIpc) is 3.15. The molecule has 1 aliphatic rings. The van der Waals surface area contributed by atoms with Crippen LogP contribution < -0.4 is 0 Å². The number of nitrogens with zero attached hydrogens (tertiary/aromatic N) is 4. The van der Waals surface area contributed by atoms with Crippen molar-refractivity contribution in [3.63, 3.8) is 0 Å². The minimum absolute atomic E-state index is 0.315. The highest BCUT2D eigenvalue weighted by Gasteiger charge is 2.33. The van der Waals surface area contributed by atoms with E-state index in [1.54, 1.807) is 0 Å². The van der Waals surface area contributed by atoms with Gasteiger partial charge in [-0.3, -0.25) is 0 Å². The first-order chi connectivity index (χ1) is 16.0. The summed E-state index contributed by atoms with van der Waals surface area (Å²) in [4.78, 5) is 14.5. The molecule has 6 heteroatoms. The number of rotatable bonds is 4. The molecule has 2 heterocycles. The van der Waals surface area contributed by atoms with Crippen LogP contribution in [0.15, 0.2) is 94.4 Å². The molecule has 0 N–H and O–H groups in total. The van der Waals surface area contributed by atoms with Gasteiger partial charge in [-0.05, 0) is 61.5 Å². The lowest BCUT2D eigenvalue weighted by atomic mass is 9.93. The van der Waals surface area contributed by atoms with Gasteiger partial charge >= 0.3 is 0 Å². The summed E-state index contributed by atoms with van der Waals surface area (Å²) in [6.07, 6.45) is 2.08. The molecule has 4 aromatic rings. The smallest absolute Gasteiger partial charge is 0.219 e. The van der Waals surface area contributed by atoms with Gasteiger partial charge in [-0.2, -0.15) is 0 Å². The van der Waals surface area contributed by atoms with Gasteiger partial charge in [0.1, 0.15) is 11.9 Å². The Labute approximate surface area is 203 Å². The van der Waals surface area contributed by atoms with Crippen LogP contribution in [0.5, 0.6) is 0 Å². The molecule has 0 bridgehead atoms. The van der Waals surface area contributed by atoms with Crippen LogP contribution in [0, 0.1) is 0 Å². The molecule has 0 aliphatic carbocycles. The fourth-order valence-corrected chi connectivity index (χ4v) is 4.47. The van der Waals surface area contributed by atoms with Gasteiger partial charge in [0.05, 0.1) is 22.5 Å². The fraction of sp³-hybridized carbons (Fsp3) is 0.111. The molecule has 4 nitrogen and oxygen atoms in total. The molecule has 0 radical (unpaired) electrons. The average molecular weight is 469 g/mol. The van der Waals surface area contributed by atoms with E-state index >= 15 is 0 Å². The van der Waals surface area contributed by atoms with Crippen LogP contribution in [0.1, 0.15) is 36.8 Å². The van der Waals surface area contributed by atoms with Gasteiger partial charge in [0, 0.05) is 5.02 Å².